The largest absolute Gasteiger partial charge is 0.351 e. The summed E-state index contributed by atoms with van der Waals surface area (Å²) in [5.41, 5.74) is 3.86. The van der Waals surface area contributed by atoms with Crippen LogP contribution in [0.15, 0.2) is 29.4 Å². The maximum absolute atomic E-state index is 4.69. The van der Waals surface area contributed by atoms with Crippen LogP contribution >= 0.6 is 24.0 Å². The Morgan fingerprint density at radius 2 is 2.17 bits per heavy atom. The molecule has 0 atom stereocenters. The first-order chi connectivity index (χ1) is 11.2. The summed E-state index contributed by atoms with van der Waals surface area (Å²) in [4.78, 5) is 11.6. The fourth-order valence-electron chi connectivity index (χ4n) is 3.99. The monoisotopic (exact) mass is 439 g/mol. The van der Waals surface area contributed by atoms with Gasteiger partial charge >= 0.3 is 0 Å². The Bertz CT molecular complexity index is 747. The van der Waals surface area contributed by atoms with Gasteiger partial charge in [-0.15, -0.1) is 24.0 Å². The molecule has 2 aliphatic rings. The molecule has 0 unspecified atom stereocenters. The zero-order chi connectivity index (χ0) is 15.9. The molecule has 1 N–H and O–H groups in total. The average Bonchev–Trinajstić information content (AvgIpc) is 3.13. The Morgan fingerprint density at radius 3 is 2.79 bits per heavy atom. The lowest BCUT2D eigenvalue weighted by atomic mass is 9.68. The topological polar surface area (TPSA) is 44.9 Å². The molecule has 2 aromatic heterocycles. The van der Waals surface area contributed by atoms with Crippen molar-refractivity contribution < 1.29 is 0 Å². The summed E-state index contributed by atoms with van der Waals surface area (Å²) in [6.45, 7) is 5.12. The summed E-state index contributed by atoms with van der Waals surface area (Å²) < 4.78 is 2.14. The van der Waals surface area contributed by atoms with Crippen LogP contribution in [0.25, 0.3) is 5.65 Å². The van der Waals surface area contributed by atoms with Crippen LogP contribution in [0.4, 0.5) is 0 Å². The molecule has 0 radical (unpaired) electrons. The third-order valence-corrected chi connectivity index (χ3v) is 5.54. The number of halogens is 1. The van der Waals surface area contributed by atoms with Crippen molar-refractivity contribution in [3.05, 3.63) is 35.8 Å². The molecule has 24 heavy (non-hydrogen) atoms. The van der Waals surface area contributed by atoms with E-state index in [1.165, 1.54) is 31.4 Å². The van der Waals surface area contributed by atoms with E-state index in [1.807, 2.05) is 13.1 Å². The SMILES string of the molecule is CN=C(NCc1cn2c(C)cccc2n1)N1CCC2(CCC2)C1.I. The van der Waals surface area contributed by atoms with Gasteiger partial charge in [-0.2, -0.15) is 0 Å². The molecule has 2 aromatic rings. The van der Waals surface area contributed by atoms with E-state index in [0.717, 1.165) is 36.9 Å². The smallest absolute Gasteiger partial charge is 0.193 e. The van der Waals surface area contributed by atoms with E-state index in [0.29, 0.717) is 5.41 Å². The number of nitrogens with one attached hydrogen (secondary N) is 1. The molecule has 130 valence electrons. The summed E-state index contributed by atoms with van der Waals surface area (Å²) in [6, 6.07) is 6.20. The van der Waals surface area contributed by atoms with Crippen molar-refractivity contribution in [3.63, 3.8) is 0 Å². The van der Waals surface area contributed by atoms with Gasteiger partial charge in [0.1, 0.15) is 5.65 Å². The Kier molecular flexibility index (Phi) is 5.03. The van der Waals surface area contributed by atoms with Crippen molar-refractivity contribution in [3.8, 4) is 0 Å². The molecule has 0 amide bonds. The lowest BCUT2D eigenvalue weighted by Crippen LogP contribution is -2.42. The van der Waals surface area contributed by atoms with Gasteiger partial charge in [-0.3, -0.25) is 4.99 Å². The first-order valence-corrected chi connectivity index (χ1v) is 8.58. The van der Waals surface area contributed by atoms with Crippen LogP contribution in [-0.4, -0.2) is 40.4 Å². The second kappa shape index (κ2) is 6.90. The third kappa shape index (κ3) is 3.12. The molecule has 1 saturated carbocycles. The Morgan fingerprint density at radius 1 is 1.33 bits per heavy atom. The van der Waals surface area contributed by atoms with Gasteiger partial charge < -0.3 is 14.6 Å². The number of nitrogens with zero attached hydrogens (tertiary/aromatic N) is 4. The van der Waals surface area contributed by atoms with E-state index in [9.17, 15) is 0 Å². The number of imidazole rings is 1. The van der Waals surface area contributed by atoms with E-state index in [1.54, 1.807) is 0 Å². The number of guanidine groups is 1. The zero-order valence-electron chi connectivity index (χ0n) is 14.5. The molecule has 1 spiro atoms. The van der Waals surface area contributed by atoms with Crippen molar-refractivity contribution in [2.75, 3.05) is 20.1 Å². The van der Waals surface area contributed by atoms with Crippen molar-refractivity contribution in [1.82, 2.24) is 19.6 Å². The minimum atomic E-state index is 0. The van der Waals surface area contributed by atoms with Gasteiger partial charge in [0, 0.05) is 32.0 Å². The molecule has 0 bridgehead atoms. The van der Waals surface area contributed by atoms with Crippen LogP contribution in [0.1, 0.15) is 37.1 Å². The first-order valence-electron chi connectivity index (χ1n) is 8.58. The van der Waals surface area contributed by atoms with Crippen LogP contribution in [0.5, 0.6) is 0 Å². The van der Waals surface area contributed by atoms with E-state index >= 15 is 0 Å². The minimum absolute atomic E-state index is 0. The average molecular weight is 439 g/mol. The van der Waals surface area contributed by atoms with Crippen LogP contribution in [0, 0.1) is 12.3 Å². The predicted molar refractivity (Wildman–Crippen MR) is 108 cm³/mol. The third-order valence-electron chi connectivity index (χ3n) is 5.54. The maximum Gasteiger partial charge on any atom is 0.193 e. The predicted octanol–water partition coefficient (Wildman–Crippen LogP) is 3.21. The molecule has 5 nitrogen and oxygen atoms in total. The van der Waals surface area contributed by atoms with E-state index in [2.05, 4.69) is 49.8 Å². The fraction of sp³-hybridized carbons (Fsp3) is 0.556. The van der Waals surface area contributed by atoms with Gasteiger partial charge in [0.2, 0.25) is 0 Å². The molecular formula is C18H26IN5. The molecule has 1 saturated heterocycles. The lowest BCUT2D eigenvalue weighted by molar-refractivity contribution is 0.151. The number of rotatable bonds is 2. The highest BCUT2D eigenvalue weighted by molar-refractivity contribution is 14.0. The number of hydrogen-bond donors (Lipinski definition) is 1. The highest BCUT2D eigenvalue weighted by Crippen LogP contribution is 2.47. The van der Waals surface area contributed by atoms with Gasteiger partial charge in [-0.25, -0.2) is 4.98 Å². The number of likely N-dealkylation sites (tertiary alicyclic amines) is 1. The molecular weight excluding hydrogens is 413 g/mol. The highest BCUT2D eigenvalue weighted by atomic mass is 127. The second-order valence-electron chi connectivity index (χ2n) is 7.05. The second-order valence-corrected chi connectivity index (χ2v) is 7.05. The summed E-state index contributed by atoms with van der Waals surface area (Å²) in [5, 5.41) is 3.49. The fourth-order valence-corrected chi connectivity index (χ4v) is 3.99. The van der Waals surface area contributed by atoms with Gasteiger partial charge in [0.25, 0.3) is 0 Å². The molecule has 0 aromatic carbocycles. The van der Waals surface area contributed by atoms with Gasteiger partial charge in [-0.1, -0.05) is 12.5 Å². The number of aryl methyl sites for hydroxylation is 1. The van der Waals surface area contributed by atoms with Crippen molar-refractivity contribution >= 4 is 35.6 Å². The van der Waals surface area contributed by atoms with Crippen molar-refractivity contribution in [2.45, 2.75) is 39.2 Å². The zero-order valence-corrected chi connectivity index (χ0v) is 16.8. The first kappa shape index (κ1) is 17.5. The molecule has 3 heterocycles. The quantitative estimate of drug-likeness (QED) is 0.444. The summed E-state index contributed by atoms with van der Waals surface area (Å²) in [6.07, 6.45) is 7.63. The Hall–Kier alpha value is -1.31. The van der Waals surface area contributed by atoms with Crippen LogP contribution < -0.4 is 5.32 Å². The van der Waals surface area contributed by atoms with E-state index < -0.39 is 0 Å². The lowest BCUT2D eigenvalue weighted by Gasteiger charge is -2.38. The maximum atomic E-state index is 4.69. The van der Waals surface area contributed by atoms with Crippen LogP contribution in [-0.2, 0) is 6.54 Å². The normalized spacial score (nSPS) is 19.4. The van der Waals surface area contributed by atoms with Crippen LogP contribution in [0.2, 0.25) is 0 Å². The van der Waals surface area contributed by atoms with Gasteiger partial charge in [-0.05, 0) is 43.7 Å². The number of fused-ring (bicyclic) bond motifs is 1. The van der Waals surface area contributed by atoms with E-state index in [4.69, 9.17) is 0 Å². The Labute approximate surface area is 160 Å². The number of aromatic nitrogens is 2. The molecule has 1 aliphatic carbocycles. The molecule has 6 heteroatoms. The van der Waals surface area contributed by atoms with Gasteiger partial charge in [0.15, 0.2) is 5.96 Å². The van der Waals surface area contributed by atoms with E-state index in [-0.39, 0.29) is 24.0 Å². The van der Waals surface area contributed by atoms with Crippen molar-refractivity contribution in [1.29, 1.82) is 0 Å². The van der Waals surface area contributed by atoms with Crippen molar-refractivity contribution in [2.24, 2.45) is 10.4 Å². The Balaban J connectivity index is 0.00000169. The molecule has 4 rings (SSSR count). The summed E-state index contributed by atoms with van der Waals surface area (Å²) in [7, 11) is 1.88. The summed E-state index contributed by atoms with van der Waals surface area (Å²) >= 11 is 0. The molecule has 2 fully saturated rings. The van der Waals surface area contributed by atoms with Gasteiger partial charge in [0.05, 0.1) is 12.2 Å². The number of hydrogen-bond acceptors (Lipinski definition) is 2. The number of aliphatic imine (C=N–C) groups is 1. The minimum Gasteiger partial charge on any atom is -0.351 e. The summed E-state index contributed by atoms with van der Waals surface area (Å²) in [5.74, 6) is 1.02. The standard InChI is InChI=1S/C18H25N5.HI/c1-14-5-3-6-16-21-15(12-23(14)16)11-20-17(19-2)22-10-9-18(13-22)7-4-8-18;/h3,5-6,12H,4,7-11,13H2,1-2H3,(H,19,20);1H. The van der Waals surface area contributed by atoms with Crippen LogP contribution in [0.3, 0.4) is 0 Å². The highest BCUT2D eigenvalue weighted by Gasteiger charge is 2.43. The number of pyridine rings is 1. The molecule has 1 aliphatic heterocycles.